The van der Waals surface area contributed by atoms with Gasteiger partial charge in [0.1, 0.15) is 5.82 Å². The highest BCUT2D eigenvalue weighted by Crippen LogP contribution is 2.28. The number of rotatable bonds is 8. The van der Waals surface area contributed by atoms with Crippen molar-refractivity contribution in [2.24, 2.45) is 5.92 Å². The molecule has 0 bridgehead atoms. The molecule has 146 valence electrons. The Kier molecular flexibility index (Phi) is 7.55. The minimum absolute atomic E-state index is 0.0496. The molecule has 1 unspecified atom stereocenters. The third kappa shape index (κ3) is 6.03. The van der Waals surface area contributed by atoms with E-state index in [2.05, 4.69) is 5.32 Å². The molecular weight excluding hydrogens is 359 g/mol. The van der Waals surface area contributed by atoms with Crippen LogP contribution in [0.3, 0.4) is 0 Å². The van der Waals surface area contributed by atoms with Crippen LogP contribution >= 0.6 is 0 Å². The van der Waals surface area contributed by atoms with Crippen molar-refractivity contribution in [2.75, 3.05) is 38.6 Å². The van der Waals surface area contributed by atoms with E-state index in [-0.39, 0.29) is 42.3 Å². The van der Waals surface area contributed by atoms with E-state index >= 15 is 0 Å². The van der Waals surface area contributed by atoms with Crippen molar-refractivity contribution in [3.05, 3.63) is 35.6 Å². The summed E-state index contributed by atoms with van der Waals surface area (Å²) in [6, 6.07) is 6.15. The predicted octanol–water partition coefficient (Wildman–Crippen LogP) is 1.73. The first-order valence-corrected chi connectivity index (χ1v) is 10.5. The number of hydrogen-bond acceptors (Lipinski definition) is 4. The number of nitrogens with zero attached hydrogens (tertiary/aromatic N) is 1. The zero-order chi connectivity index (χ0) is 19.2. The molecule has 0 saturated carbocycles. The molecule has 6 nitrogen and oxygen atoms in total. The molecule has 0 aliphatic carbocycles. The Morgan fingerprint density at radius 1 is 1.23 bits per heavy atom. The minimum Gasteiger partial charge on any atom is -0.379 e. The van der Waals surface area contributed by atoms with Crippen molar-refractivity contribution in [1.82, 2.24) is 9.62 Å². The van der Waals surface area contributed by atoms with E-state index in [1.165, 1.54) is 16.4 Å². The lowest BCUT2D eigenvalue weighted by molar-refractivity contribution is -0.121. The van der Waals surface area contributed by atoms with Crippen LogP contribution in [0.2, 0.25) is 0 Å². The molecule has 1 aliphatic rings. The summed E-state index contributed by atoms with van der Waals surface area (Å²) >= 11 is 0. The molecule has 1 fully saturated rings. The van der Waals surface area contributed by atoms with Crippen molar-refractivity contribution in [3.8, 4) is 0 Å². The molecule has 1 amide bonds. The van der Waals surface area contributed by atoms with Gasteiger partial charge in [-0.25, -0.2) is 12.8 Å². The molecule has 8 heteroatoms. The standard InChI is InChI=1S/C18H27FN2O4S/c1-14(2)17(15-3-5-16(19)6-4-15)13-18(22)20-7-12-26(23,24)21-8-10-25-11-9-21/h3-6,14,17H,7-13H2,1-2H3,(H,20,22). The second-order valence-corrected chi connectivity index (χ2v) is 8.87. The lowest BCUT2D eigenvalue weighted by Gasteiger charge is -2.26. The summed E-state index contributed by atoms with van der Waals surface area (Å²) in [5, 5.41) is 2.69. The average molecular weight is 386 g/mol. The topological polar surface area (TPSA) is 75.7 Å². The number of morpholine rings is 1. The molecule has 26 heavy (non-hydrogen) atoms. The quantitative estimate of drug-likeness (QED) is 0.738. The lowest BCUT2D eigenvalue weighted by Crippen LogP contribution is -2.43. The number of benzene rings is 1. The maximum Gasteiger partial charge on any atom is 0.220 e. The van der Waals surface area contributed by atoms with E-state index in [0.29, 0.717) is 26.3 Å². The monoisotopic (exact) mass is 386 g/mol. The number of halogens is 1. The molecule has 2 rings (SSSR count). The second kappa shape index (κ2) is 9.43. The Labute approximate surface area is 154 Å². The van der Waals surface area contributed by atoms with Gasteiger partial charge in [0.15, 0.2) is 0 Å². The molecule has 1 atom stereocenters. The van der Waals surface area contributed by atoms with E-state index in [1.807, 2.05) is 13.8 Å². The fraction of sp³-hybridized carbons (Fsp3) is 0.611. The summed E-state index contributed by atoms with van der Waals surface area (Å²) in [6.45, 7) is 5.60. The van der Waals surface area contributed by atoms with Gasteiger partial charge in [-0.05, 0) is 29.5 Å². The van der Waals surface area contributed by atoms with Crippen LogP contribution in [0, 0.1) is 11.7 Å². The molecular formula is C18H27FN2O4S. The largest absolute Gasteiger partial charge is 0.379 e. The molecule has 1 N–H and O–H groups in total. The number of hydrogen-bond donors (Lipinski definition) is 1. The summed E-state index contributed by atoms with van der Waals surface area (Å²) in [7, 11) is -3.38. The molecule has 0 spiro atoms. The fourth-order valence-electron chi connectivity index (χ4n) is 2.99. The molecule has 1 saturated heterocycles. The Bertz CT molecular complexity index is 686. The number of carbonyl (C=O) groups is 1. The van der Waals surface area contributed by atoms with E-state index in [1.54, 1.807) is 12.1 Å². The van der Waals surface area contributed by atoms with Crippen LogP contribution in [0.4, 0.5) is 4.39 Å². The van der Waals surface area contributed by atoms with E-state index in [9.17, 15) is 17.6 Å². The molecule has 1 aliphatic heterocycles. The van der Waals surface area contributed by atoms with Crippen LogP contribution in [0.5, 0.6) is 0 Å². The number of sulfonamides is 1. The summed E-state index contributed by atoms with van der Waals surface area (Å²) in [6.07, 6.45) is 0.237. The average Bonchev–Trinajstić information content (AvgIpc) is 2.61. The van der Waals surface area contributed by atoms with Crippen LogP contribution in [-0.4, -0.2) is 57.2 Å². The van der Waals surface area contributed by atoms with E-state index in [4.69, 9.17) is 4.74 Å². The first-order chi connectivity index (χ1) is 12.3. The van der Waals surface area contributed by atoms with Crippen LogP contribution < -0.4 is 5.32 Å². The Hall–Kier alpha value is -1.51. The SMILES string of the molecule is CC(C)C(CC(=O)NCCS(=O)(=O)N1CCOCC1)c1ccc(F)cc1. The van der Waals surface area contributed by atoms with Gasteiger partial charge in [-0.15, -0.1) is 0 Å². The van der Waals surface area contributed by atoms with E-state index < -0.39 is 10.0 Å². The third-order valence-corrected chi connectivity index (χ3v) is 6.43. The summed E-state index contributed by atoms with van der Waals surface area (Å²) in [5.74, 6) is -0.490. The van der Waals surface area contributed by atoms with E-state index in [0.717, 1.165) is 5.56 Å². The van der Waals surface area contributed by atoms with Crippen molar-refractivity contribution in [3.63, 3.8) is 0 Å². The number of carbonyl (C=O) groups excluding carboxylic acids is 1. The Balaban J connectivity index is 1.85. The third-order valence-electron chi connectivity index (χ3n) is 4.55. The highest BCUT2D eigenvalue weighted by molar-refractivity contribution is 7.89. The van der Waals surface area contributed by atoms with Crippen LogP contribution in [0.25, 0.3) is 0 Å². The van der Waals surface area contributed by atoms with Crippen molar-refractivity contribution in [1.29, 1.82) is 0 Å². The number of ether oxygens (including phenoxy) is 1. The van der Waals surface area contributed by atoms with Crippen molar-refractivity contribution >= 4 is 15.9 Å². The minimum atomic E-state index is -3.38. The van der Waals surface area contributed by atoms with Gasteiger partial charge in [0.25, 0.3) is 0 Å². The smallest absolute Gasteiger partial charge is 0.220 e. The first-order valence-electron chi connectivity index (χ1n) is 8.87. The van der Waals surface area contributed by atoms with Crippen molar-refractivity contribution < 1.29 is 22.3 Å². The zero-order valence-electron chi connectivity index (χ0n) is 15.3. The molecule has 1 heterocycles. The lowest BCUT2D eigenvalue weighted by atomic mass is 9.85. The zero-order valence-corrected chi connectivity index (χ0v) is 16.1. The maximum absolute atomic E-state index is 13.1. The van der Waals surface area contributed by atoms with Crippen LogP contribution in [0.15, 0.2) is 24.3 Å². The Morgan fingerprint density at radius 3 is 2.42 bits per heavy atom. The molecule has 0 radical (unpaired) electrons. The number of amides is 1. The predicted molar refractivity (Wildman–Crippen MR) is 97.8 cm³/mol. The van der Waals surface area contributed by atoms with Crippen molar-refractivity contribution in [2.45, 2.75) is 26.2 Å². The summed E-state index contributed by atoms with van der Waals surface area (Å²) in [4.78, 5) is 12.2. The van der Waals surface area contributed by atoms with Crippen LogP contribution in [-0.2, 0) is 19.6 Å². The molecule has 0 aromatic heterocycles. The van der Waals surface area contributed by atoms with Gasteiger partial charge in [0.2, 0.25) is 15.9 Å². The highest BCUT2D eigenvalue weighted by atomic mass is 32.2. The fourth-order valence-corrected chi connectivity index (χ4v) is 4.32. The van der Waals surface area contributed by atoms with Gasteiger partial charge in [0, 0.05) is 26.1 Å². The van der Waals surface area contributed by atoms with Gasteiger partial charge in [-0.3, -0.25) is 4.79 Å². The highest BCUT2D eigenvalue weighted by Gasteiger charge is 2.24. The summed E-state index contributed by atoms with van der Waals surface area (Å²) < 4.78 is 44.1. The second-order valence-electron chi connectivity index (χ2n) is 6.78. The first kappa shape index (κ1) is 20.8. The van der Waals surface area contributed by atoms with Gasteiger partial charge < -0.3 is 10.1 Å². The van der Waals surface area contributed by atoms with Gasteiger partial charge >= 0.3 is 0 Å². The van der Waals surface area contributed by atoms with Gasteiger partial charge in [-0.1, -0.05) is 26.0 Å². The maximum atomic E-state index is 13.1. The normalized spacial score (nSPS) is 17.2. The number of nitrogens with one attached hydrogen (secondary N) is 1. The molecule has 1 aromatic rings. The van der Waals surface area contributed by atoms with Gasteiger partial charge in [0.05, 0.1) is 19.0 Å². The summed E-state index contributed by atoms with van der Waals surface area (Å²) in [5.41, 5.74) is 0.900. The molecule has 1 aromatic carbocycles. The Morgan fingerprint density at radius 2 is 1.85 bits per heavy atom. The van der Waals surface area contributed by atoms with Crippen LogP contribution in [0.1, 0.15) is 31.7 Å². The van der Waals surface area contributed by atoms with Gasteiger partial charge in [-0.2, -0.15) is 4.31 Å².